The molecule has 0 saturated heterocycles. The van der Waals surface area contributed by atoms with E-state index in [9.17, 15) is 0 Å². The highest BCUT2D eigenvalue weighted by atomic mass is 15.4. The van der Waals surface area contributed by atoms with Crippen molar-refractivity contribution in [2.24, 2.45) is 7.05 Å². The van der Waals surface area contributed by atoms with Crippen LogP contribution in [0.15, 0.2) is 31.0 Å². The molecule has 0 radical (unpaired) electrons. The molecule has 0 aliphatic rings. The van der Waals surface area contributed by atoms with Gasteiger partial charge in [0, 0.05) is 17.8 Å². The Balaban J connectivity index is 2.59. The standard InChI is InChI=1S/C9H11N4/c1-8-6-10-7-11-9(8)13-5-3-4-12(13)2/h3-7H,1-2H3/q+1. The van der Waals surface area contributed by atoms with Crippen molar-refractivity contribution in [3.05, 3.63) is 36.5 Å². The molecule has 0 bridgehead atoms. The zero-order valence-electron chi connectivity index (χ0n) is 7.68. The summed E-state index contributed by atoms with van der Waals surface area (Å²) < 4.78 is 3.94. The molecule has 0 atom stereocenters. The van der Waals surface area contributed by atoms with E-state index in [1.165, 1.54) is 0 Å². The Morgan fingerprint density at radius 3 is 2.92 bits per heavy atom. The van der Waals surface area contributed by atoms with Crippen LogP contribution in [0, 0.1) is 6.92 Å². The molecule has 0 aliphatic heterocycles. The average Bonchev–Trinajstić information content (AvgIpc) is 2.52. The second-order valence-corrected chi connectivity index (χ2v) is 2.94. The van der Waals surface area contributed by atoms with Gasteiger partial charge in [0.25, 0.3) is 0 Å². The molecule has 2 heterocycles. The molecule has 0 N–H and O–H groups in total. The second-order valence-electron chi connectivity index (χ2n) is 2.94. The number of hydrogen-bond acceptors (Lipinski definition) is 2. The summed E-state index contributed by atoms with van der Waals surface area (Å²) in [5.41, 5.74) is 1.06. The van der Waals surface area contributed by atoms with E-state index in [0.29, 0.717) is 0 Å². The molecular weight excluding hydrogens is 164 g/mol. The number of aromatic nitrogens is 4. The molecule has 4 heteroatoms. The maximum absolute atomic E-state index is 4.21. The maximum Gasteiger partial charge on any atom is 0.198 e. The monoisotopic (exact) mass is 175 g/mol. The van der Waals surface area contributed by atoms with Gasteiger partial charge in [-0.25, -0.2) is 9.97 Å². The summed E-state index contributed by atoms with van der Waals surface area (Å²) in [6, 6.07) is 1.97. The largest absolute Gasteiger partial charge is 0.244 e. The van der Waals surface area contributed by atoms with Crippen molar-refractivity contribution in [3.63, 3.8) is 0 Å². The molecule has 4 nitrogen and oxygen atoms in total. The Morgan fingerprint density at radius 2 is 2.31 bits per heavy atom. The minimum absolute atomic E-state index is 0.919. The maximum atomic E-state index is 4.21. The van der Waals surface area contributed by atoms with Crippen molar-refractivity contribution >= 4 is 0 Å². The molecule has 0 spiro atoms. The Hall–Kier alpha value is -1.71. The molecule has 13 heavy (non-hydrogen) atoms. The van der Waals surface area contributed by atoms with Crippen LogP contribution in [0.5, 0.6) is 0 Å². The van der Waals surface area contributed by atoms with E-state index in [-0.39, 0.29) is 0 Å². The molecule has 0 aromatic carbocycles. The Labute approximate surface area is 76.5 Å². The van der Waals surface area contributed by atoms with Crippen LogP contribution >= 0.6 is 0 Å². The third-order valence-electron chi connectivity index (χ3n) is 1.95. The highest BCUT2D eigenvalue weighted by Crippen LogP contribution is 2.04. The first kappa shape index (κ1) is 7.91. The SMILES string of the molecule is Cc1cncnc1-n1ccc[n+]1C. The van der Waals surface area contributed by atoms with Crippen molar-refractivity contribution < 1.29 is 4.68 Å². The fraction of sp³-hybridized carbons (Fsp3) is 0.222. The van der Waals surface area contributed by atoms with Crippen LogP contribution in [0.25, 0.3) is 5.82 Å². The highest BCUT2D eigenvalue weighted by molar-refractivity contribution is 5.27. The minimum atomic E-state index is 0.919. The predicted molar refractivity (Wildman–Crippen MR) is 47.3 cm³/mol. The fourth-order valence-electron chi connectivity index (χ4n) is 1.27. The molecule has 0 saturated carbocycles. The quantitative estimate of drug-likeness (QED) is 0.588. The molecule has 2 aromatic rings. The smallest absolute Gasteiger partial charge is 0.198 e. The lowest BCUT2D eigenvalue weighted by molar-refractivity contribution is -0.744. The topological polar surface area (TPSA) is 34.6 Å². The van der Waals surface area contributed by atoms with E-state index in [2.05, 4.69) is 9.97 Å². The van der Waals surface area contributed by atoms with E-state index in [0.717, 1.165) is 11.4 Å². The second kappa shape index (κ2) is 2.97. The van der Waals surface area contributed by atoms with Crippen molar-refractivity contribution in [1.82, 2.24) is 14.6 Å². The third kappa shape index (κ3) is 1.30. The lowest BCUT2D eigenvalue weighted by Gasteiger charge is -2.00. The molecule has 66 valence electrons. The van der Waals surface area contributed by atoms with Gasteiger partial charge in [-0.05, 0) is 6.92 Å². The van der Waals surface area contributed by atoms with Crippen LogP contribution in [0.4, 0.5) is 0 Å². The van der Waals surface area contributed by atoms with Crippen molar-refractivity contribution in [2.75, 3.05) is 0 Å². The summed E-state index contributed by atoms with van der Waals surface area (Å²) in [7, 11) is 1.97. The van der Waals surface area contributed by atoms with Gasteiger partial charge in [0.1, 0.15) is 6.33 Å². The van der Waals surface area contributed by atoms with E-state index in [1.54, 1.807) is 6.33 Å². The summed E-state index contributed by atoms with van der Waals surface area (Å²) in [6.45, 7) is 2.00. The average molecular weight is 175 g/mol. The fourth-order valence-corrected chi connectivity index (χ4v) is 1.27. The lowest BCUT2D eigenvalue weighted by atomic mass is 10.3. The van der Waals surface area contributed by atoms with Crippen molar-refractivity contribution in [1.29, 1.82) is 0 Å². The normalized spacial score (nSPS) is 10.3. The molecule has 0 fully saturated rings. The van der Waals surface area contributed by atoms with Gasteiger partial charge >= 0.3 is 0 Å². The van der Waals surface area contributed by atoms with Gasteiger partial charge in [-0.1, -0.05) is 0 Å². The Morgan fingerprint density at radius 1 is 1.46 bits per heavy atom. The Kier molecular flexibility index (Phi) is 1.81. The first-order chi connectivity index (χ1) is 6.29. The zero-order chi connectivity index (χ0) is 9.26. The first-order valence-corrected chi connectivity index (χ1v) is 4.09. The molecule has 2 rings (SSSR count). The molecule has 2 aromatic heterocycles. The minimum Gasteiger partial charge on any atom is -0.244 e. The van der Waals surface area contributed by atoms with Crippen LogP contribution in [0.3, 0.4) is 0 Å². The van der Waals surface area contributed by atoms with Gasteiger partial charge in [-0.3, -0.25) is 0 Å². The van der Waals surface area contributed by atoms with Gasteiger partial charge in [0.05, 0.1) is 6.20 Å². The summed E-state index contributed by atoms with van der Waals surface area (Å²) in [4.78, 5) is 8.16. The van der Waals surface area contributed by atoms with Crippen LogP contribution < -0.4 is 4.68 Å². The first-order valence-electron chi connectivity index (χ1n) is 4.09. The summed E-state index contributed by atoms with van der Waals surface area (Å²) in [6.07, 6.45) is 7.31. The molecule has 0 amide bonds. The van der Waals surface area contributed by atoms with Crippen LogP contribution in [-0.4, -0.2) is 14.6 Å². The highest BCUT2D eigenvalue weighted by Gasteiger charge is 2.08. The van der Waals surface area contributed by atoms with Crippen molar-refractivity contribution in [2.45, 2.75) is 6.92 Å². The zero-order valence-corrected chi connectivity index (χ0v) is 7.68. The van der Waals surface area contributed by atoms with Crippen LogP contribution in [-0.2, 0) is 7.05 Å². The van der Waals surface area contributed by atoms with Gasteiger partial charge in [0.15, 0.2) is 19.1 Å². The van der Waals surface area contributed by atoms with E-state index in [4.69, 9.17) is 0 Å². The van der Waals surface area contributed by atoms with Crippen LogP contribution in [0.1, 0.15) is 5.56 Å². The number of aryl methyl sites for hydroxylation is 2. The van der Waals surface area contributed by atoms with E-state index >= 15 is 0 Å². The molecular formula is C9H11N4+. The van der Waals surface area contributed by atoms with E-state index < -0.39 is 0 Å². The van der Waals surface area contributed by atoms with Gasteiger partial charge in [-0.2, -0.15) is 0 Å². The third-order valence-corrected chi connectivity index (χ3v) is 1.95. The predicted octanol–water partition coefficient (Wildman–Crippen LogP) is 0.400. The molecule has 0 aliphatic carbocycles. The summed E-state index contributed by atoms with van der Waals surface area (Å²) in [5.74, 6) is 0.919. The van der Waals surface area contributed by atoms with Crippen molar-refractivity contribution in [3.8, 4) is 5.82 Å². The lowest BCUT2D eigenvalue weighted by Crippen LogP contribution is -2.37. The summed E-state index contributed by atoms with van der Waals surface area (Å²) in [5, 5.41) is 0. The van der Waals surface area contributed by atoms with Gasteiger partial charge in [0.2, 0.25) is 0 Å². The van der Waals surface area contributed by atoms with Gasteiger partial charge < -0.3 is 0 Å². The van der Waals surface area contributed by atoms with E-state index in [1.807, 2.05) is 48.0 Å². The van der Waals surface area contributed by atoms with Gasteiger partial charge in [-0.15, -0.1) is 9.36 Å². The molecule has 0 unspecified atom stereocenters. The van der Waals surface area contributed by atoms with Crippen LogP contribution in [0.2, 0.25) is 0 Å². The number of nitrogens with zero attached hydrogens (tertiary/aromatic N) is 4. The number of hydrogen-bond donors (Lipinski definition) is 0. The Bertz CT molecular complexity index is 419. The number of rotatable bonds is 1. The summed E-state index contributed by atoms with van der Waals surface area (Å²) >= 11 is 0.